The largest absolute Gasteiger partial charge is 0.485 e. The lowest BCUT2D eigenvalue weighted by molar-refractivity contribution is -0.137. The van der Waals surface area contributed by atoms with E-state index >= 15 is 0 Å². The summed E-state index contributed by atoms with van der Waals surface area (Å²) < 4.78 is 43.1. The molecule has 0 bridgehead atoms. The average Bonchev–Trinajstić information content (AvgIpc) is 3.20. The average molecular weight is 430 g/mol. The van der Waals surface area contributed by atoms with Gasteiger partial charge in [-0.15, -0.1) is 15.0 Å². The molecule has 2 aromatic carbocycles. The minimum Gasteiger partial charge on any atom is -0.485 e. The number of alkyl halides is 3. The van der Waals surface area contributed by atoms with Crippen molar-refractivity contribution in [2.75, 3.05) is 0 Å². The first-order valence-electron chi connectivity index (χ1n) is 9.09. The first kappa shape index (κ1) is 21.8. The highest BCUT2D eigenvalue weighted by Gasteiger charge is 2.29. The predicted molar refractivity (Wildman–Crippen MR) is 103 cm³/mol. The zero-order valence-corrected chi connectivity index (χ0v) is 16.2. The molecule has 11 heteroatoms. The van der Waals surface area contributed by atoms with Crippen LogP contribution >= 0.6 is 0 Å². The minimum absolute atomic E-state index is 0.0251. The molecule has 0 amide bonds. The second-order valence-electron chi connectivity index (χ2n) is 6.29. The number of ether oxygens (including phenoxy) is 1. The van der Waals surface area contributed by atoms with Crippen LogP contribution in [0.15, 0.2) is 53.7 Å². The summed E-state index contributed by atoms with van der Waals surface area (Å²) in [7, 11) is 0. The minimum atomic E-state index is -4.35. The summed E-state index contributed by atoms with van der Waals surface area (Å²) in [5.41, 5.74) is 0.856. The number of benzene rings is 2. The Hall–Kier alpha value is -3.94. The van der Waals surface area contributed by atoms with Gasteiger partial charge < -0.3 is 9.57 Å². The summed E-state index contributed by atoms with van der Waals surface area (Å²) >= 11 is 0. The van der Waals surface area contributed by atoms with E-state index in [9.17, 15) is 13.2 Å². The summed E-state index contributed by atoms with van der Waals surface area (Å²) in [5, 5.41) is 23.9. The van der Waals surface area contributed by atoms with Crippen LogP contribution in [0.5, 0.6) is 5.75 Å². The third kappa shape index (κ3) is 6.81. The summed E-state index contributed by atoms with van der Waals surface area (Å²) in [6.45, 7) is 0.232. The second kappa shape index (κ2) is 10.2. The Morgan fingerprint density at radius 1 is 1.03 bits per heavy atom. The Bertz CT molecular complexity index is 1040. The van der Waals surface area contributed by atoms with Crippen molar-refractivity contribution < 1.29 is 22.7 Å². The number of halogens is 3. The van der Waals surface area contributed by atoms with E-state index in [1.54, 1.807) is 18.3 Å². The lowest BCUT2D eigenvalue weighted by atomic mass is 10.1. The van der Waals surface area contributed by atoms with Gasteiger partial charge in [-0.1, -0.05) is 29.4 Å². The van der Waals surface area contributed by atoms with E-state index < -0.39 is 11.7 Å². The van der Waals surface area contributed by atoms with Gasteiger partial charge in [0.1, 0.15) is 18.9 Å². The Balaban J connectivity index is 1.39. The van der Waals surface area contributed by atoms with Gasteiger partial charge in [0.05, 0.1) is 11.6 Å². The molecule has 0 aliphatic rings. The molecule has 1 aromatic heterocycles. The highest BCUT2D eigenvalue weighted by Crippen LogP contribution is 2.29. The summed E-state index contributed by atoms with van der Waals surface area (Å²) in [6.07, 6.45) is -2.28. The molecule has 0 spiro atoms. The first-order valence-corrected chi connectivity index (χ1v) is 9.09. The molecule has 0 saturated carbocycles. The van der Waals surface area contributed by atoms with Gasteiger partial charge in [0.25, 0.3) is 0 Å². The van der Waals surface area contributed by atoms with E-state index in [4.69, 9.17) is 14.8 Å². The first-order chi connectivity index (χ1) is 14.9. The van der Waals surface area contributed by atoms with Crippen molar-refractivity contribution in [3.63, 3.8) is 0 Å². The van der Waals surface area contributed by atoms with Crippen molar-refractivity contribution in [3.05, 3.63) is 71.0 Å². The van der Waals surface area contributed by atoms with Crippen LogP contribution in [0.3, 0.4) is 0 Å². The Morgan fingerprint density at radius 2 is 1.74 bits per heavy atom. The van der Waals surface area contributed by atoms with Gasteiger partial charge in [-0.05, 0) is 40.6 Å². The van der Waals surface area contributed by atoms with Crippen molar-refractivity contribution in [2.45, 2.75) is 32.4 Å². The molecule has 0 fully saturated rings. The van der Waals surface area contributed by atoms with Gasteiger partial charge in [-0.25, -0.2) is 0 Å². The zero-order chi connectivity index (χ0) is 22.1. The fourth-order valence-electron chi connectivity index (χ4n) is 2.43. The fourth-order valence-corrected chi connectivity index (χ4v) is 2.43. The molecule has 0 radical (unpaired) electrons. The molecule has 31 heavy (non-hydrogen) atoms. The van der Waals surface area contributed by atoms with Crippen LogP contribution in [-0.2, 0) is 37.2 Å². The highest BCUT2D eigenvalue weighted by atomic mass is 19.4. The fraction of sp³-hybridized carbons (Fsp3) is 0.250. The molecule has 3 rings (SSSR count). The predicted octanol–water partition coefficient (Wildman–Crippen LogP) is 3.54. The molecular weight excluding hydrogens is 413 g/mol. The number of hydrogen-bond donors (Lipinski definition) is 0. The maximum Gasteiger partial charge on any atom is 0.416 e. The van der Waals surface area contributed by atoms with Crippen LogP contribution in [0.4, 0.5) is 13.2 Å². The number of oxime groups is 1. The standard InChI is InChI=1S/C20H17F3N6O2/c21-20(22,23)17-5-1-16(2-6-17)13-31-25-11-9-15-3-7-18(8-4-15)30-14-19-26-28-29(27-19)12-10-24/h1-8,11H,9,12-14H2. The number of nitriles is 1. The molecule has 160 valence electrons. The van der Waals surface area contributed by atoms with Crippen LogP contribution in [0.25, 0.3) is 0 Å². The van der Waals surface area contributed by atoms with E-state index in [-0.39, 0.29) is 19.8 Å². The molecule has 0 saturated heterocycles. The normalized spacial score (nSPS) is 11.4. The van der Waals surface area contributed by atoms with E-state index in [1.165, 1.54) is 16.9 Å². The van der Waals surface area contributed by atoms with Gasteiger partial charge in [0, 0.05) is 12.6 Å². The molecule has 0 unspecified atom stereocenters. The van der Waals surface area contributed by atoms with Crippen molar-refractivity contribution >= 4 is 6.21 Å². The zero-order valence-electron chi connectivity index (χ0n) is 16.2. The van der Waals surface area contributed by atoms with Crippen molar-refractivity contribution in [1.82, 2.24) is 20.2 Å². The molecule has 8 nitrogen and oxygen atoms in total. The quantitative estimate of drug-likeness (QED) is 0.380. The van der Waals surface area contributed by atoms with Gasteiger partial charge in [-0.2, -0.15) is 18.4 Å². The second-order valence-corrected chi connectivity index (χ2v) is 6.29. The molecule has 0 N–H and O–H groups in total. The van der Waals surface area contributed by atoms with E-state index in [0.717, 1.165) is 17.7 Å². The Labute approximate surface area is 175 Å². The third-order valence-corrected chi connectivity index (χ3v) is 3.99. The van der Waals surface area contributed by atoms with Crippen LogP contribution in [0, 0.1) is 11.3 Å². The van der Waals surface area contributed by atoms with Crippen LogP contribution in [0.2, 0.25) is 0 Å². The molecule has 0 atom stereocenters. The van der Waals surface area contributed by atoms with Gasteiger partial charge >= 0.3 is 6.18 Å². The summed E-state index contributed by atoms with van der Waals surface area (Å²) in [6, 6.07) is 13.9. The number of aromatic nitrogens is 4. The van der Waals surface area contributed by atoms with Crippen molar-refractivity contribution in [1.29, 1.82) is 5.26 Å². The highest BCUT2D eigenvalue weighted by molar-refractivity contribution is 5.60. The van der Waals surface area contributed by atoms with E-state index in [1.807, 2.05) is 18.2 Å². The molecule has 3 aromatic rings. The van der Waals surface area contributed by atoms with E-state index in [0.29, 0.717) is 23.6 Å². The summed E-state index contributed by atoms with van der Waals surface area (Å²) in [4.78, 5) is 6.30. The number of rotatable bonds is 9. The topological polar surface area (TPSA) is 98.2 Å². The van der Waals surface area contributed by atoms with Gasteiger partial charge in [-0.3, -0.25) is 0 Å². The van der Waals surface area contributed by atoms with Gasteiger partial charge in [0.2, 0.25) is 5.82 Å². The van der Waals surface area contributed by atoms with Crippen LogP contribution < -0.4 is 4.74 Å². The lowest BCUT2D eigenvalue weighted by Gasteiger charge is -2.07. The number of tetrazole rings is 1. The lowest BCUT2D eigenvalue weighted by Crippen LogP contribution is -2.04. The van der Waals surface area contributed by atoms with Crippen LogP contribution in [0.1, 0.15) is 22.5 Å². The van der Waals surface area contributed by atoms with Crippen LogP contribution in [-0.4, -0.2) is 26.4 Å². The molecule has 0 aliphatic carbocycles. The Kier molecular flexibility index (Phi) is 7.16. The number of nitrogens with zero attached hydrogens (tertiary/aromatic N) is 6. The number of hydrogen-bond acceptors (Lipinski definition) is 7. The molecular formula is C20H17F3N6O2. The molecule has 1 heterocycles. The third-order valence-electron chi connectivity index (χ3n) is 3.99. The SMILES string of the molecule is N#CCn1nnc(COc2ccc(CC=NOCc3ccc(C(F)(F)F)cc3)cc2)n1. The Morgan fingerprint density at radius 3 is 2.42 bits per heavy atom. The monoisotopic (exact) mass is 430 g/mol. The maximum absolute atomic E-state index is 12.5. The maximum atomic E-state index is 12.5. The van der Waals surface area contributed by atoms with E-state index in [2.05, 4.69) is 20.6 Å². The summed E-state index contributed by atoms with van der Waals surface area (Å²) in [5.74, 6) is 0.993. The van der Waals surface area contributed by atoms with Gasteiger partial charge in [0.15, 0.2) is 6.61 Å². The molecule has 0 aliphatic heterocycles. The van der Waals surface area contributed by atoms with Crippen molar-refractivity contribution in [3.8, 4) is 11.8 Å². The smallest absolute Gasteiger partial charge is 0.416 e. The van der Waals surface area contributed by atoms with Crippen molar-refractivity contribution in [2.24, 2.45) is 5.16 Å².